The molecule has 0 heterocycles. The molecule has 0 aliphatic carbocycles. The summed E-state index contributed by atoms with van der Waals surface area (Å²) in [5.74, 6) is -0.263. The molecule has 0 fully saturated rings. The van der Waals surface area contributed by atoms with Crippen molar-refractivity contribution in [2.24, 2.45) is 0 Å². The molecule has 1 aromatic rings. The van der Waals surface area contributed by atoms with Gasteiger partial charge in [-0.05, 0) is 38.0 Å². The summed E-state index contributed by atoms with van der Waals surface area (Å²) >= 11 is 0. The number of carboxylic acid groups (broad SMARTS) is 1. The molecular formula is C24H40N2O5. The van der Waals surface area contributed by atoms with Gasteiger partial charge in [-0.3, -0.25) is 0 Å². The van der Waals surface area contributed by atoms with Crippen LogP contribution in [0.2, 0.25) is 0 Å². The first-order chi connectivity index (χ1) is 15.0. The second kappa shape index (κ2) is 16.4. The van der Waals surface area contributed by atoms with Gasteiger partial charge in [0.25, 0.3) is 0 Å². The van der Waals surface area contributed by atoms with Crippen LogP contribution in [-0.4, -0.2) is 61.0 Å². The van der Waals surface area contributed by atoms with Gasteiger partial charge in [-0.25, -0.2) is 9.59 Å². The van der Waals surface area contributed by atoms with Crippen LogP contribution in [0.1, 0.15) is 64.9 Å². The van der Waals surface area contributed by atoms with Gasteiger partial charge < -0.3 is 24.8 Å². The van der Waals surface area contributed by atoms with Crippen molar-refractivity contribution < 1.29 is 24.2 Å². The van der Waals surface area contributed by atoms with Gasteiger partial charge in [-0.2, -0.15) is 0 Å². The van der Waals surface area contributed by atoms with Gasteiger partial charge in [0.15, 0.2) is 6.10 Å². The number of carboxylic acids is 1. The lowest BCUT2D eigenvalue weighted by atomic mass is 10.1. The minimum absolute atomic E-state index is 0.0503. The van der Waals surface area contributed by atoms with Gasteiger partial charge >= 0.3 is 12.0 Å². The monoisotopic (exact) mass is 436 g/mol. The summed E-state index contributed by atoms with van der Waals surface area (Å²) in [6, 6.07) is 7.30. The highest BCUT2D eigenvalue weighted by atomic mass is 16.5. The third-order valence-corrected chi connectivity index (χ3v) is 5.01. The molecule has 1 unspecified atom stereocenters. The lowest BCUT2D eigenvalue weighted by Gasteiger charge is -2.23. The topological polar surface area (TPSA) is 88.1 Å². The fraction of sp³-hybridized carbons (Fsp3) is 0.667. The van der Waals surface area contributed by atoms with E-state index in [9.17, 15) is 14.7 Å². The van der Waals surface area contributed by atoms with Gasteiger partial charge in [-0.1, -0.05) is 51.2 Å². The minimum Gasteiger partial charge on any atom is -0.492 e. The average Bonchev–Trinajstić information content (AvgIpc) is 2.75. The Labute approximate surface area is 187 Å². The molecule has 1 aromatic carbocycles. The third kappa shape index (κ3) is 11.6. The molecule has 0 saturated carbocycles. The highest BCUT2D eigenvalue weighted by molar-refractivity contribution is 5.74. The number of hydrogen-bond acceptors (Lipinski definition) is 4. The number of benzene rings is 1. The summed E-state index contributed by atoms with van der Waals surface area (Å²) in [4.78, 5) is 25.3. The van der Waals surface area contributed by atoms with E-state index < -0.39 is 12.1 Å². The lowest BCUT2D eigenvalue weighted by Crippen LogP contribution is -2.42. The maximum absolute atomic E-state index is 12.3. The molecule has 0 bridgehead atoms. The Morgan fingerprint density at radius 1 is 1.00 bits per heavy atom. The number of unbranched alkanes of at least 4 members (excludes halogenated alkanes) is 5. The number of amides is 2. The standard InChI is InChI=1S/C24H40N2O5/c1-4-7-8-9-10-11-16-26(24(29)25-5-2)17-18-31-21-14-12-20(13-15-21)19-22(23(27)28)30-6-3/h12-15,22H,4-11,16-19H2,1-3H3,(H,25,29)(H,27,28). The van der Waals surface area contributed by atoms with Gasteiger partial charge in [0.1, 0.15) is 12.4 Å². The van der Waals surface area contributed by atoms with Crippen molar-refractivity contribution in [3.8, 4) is 5.75 Å². The first-order valence-electron chi connectivity index (χ1n) is 11.6. The molecule has 0 aromatic heterocycles. The number of carbonyl (C=O) groups excluding carboxylic acids is 1. The van der Waals surface area contributed by atoms with Gasteiger partial charge in [0.2, 0.25) is 0 Å². The Balaban J connectivity index is 2.46. The number of aliphatic carboxylic acids is 1. The van der Waals surface area contributed by atoms with Crippen LogP contribution in [0, 0.1) is 0 Å². The van der Waals surface area contributed by atoms with Crippen molar-refractivity contribution in [1.82, 2.24) is 10.2 Å². The van der Waals surface area contributed by atoms with Crippen LogP contribution >= 0.6 is 0 Å². The highest BCUT2D eigenvalue weighted by Crippen LogP contribution is 2.15. The molecule has 1 atom stereocenters. The molecule has 0 aliphatic rings. The molecule has 2 N–H and O–H groups in total. The van der Waals surface area contributed by atoms with E-state index in [0.29, 0.717) is 38.5 Å². The second-order valence-corrected chi connectivity index (χ2v) is 7.57. The van der Waals surface area contributed by atoms with E-state index in [0.717, 1.165) is 24.9 Å². The summed E-state index contributed by atoms with van der Waals surface area (Å²) in [6.45, 7) is 8.53. The van der Waals surface area contributed by atoms with Crippen molar-refractivity contribution in [3.05, 3.63) is 29.8 Å². The fourth-order valence-electron chi connectivity index (χ4n) is 3.29. The predicted octanol–water partition coefficient (Wildman–Crippen LogP) is 4.49. The zero-order valence-electron chi connectivity index (χ0n) is 19.4. The van der Waals surface area contributed by atoms with E-state index in [2.05, 4.69) is 12.2 Å². The molecule has 0 saturated heterocycles. The lowest BCUT2D eigenvalue weighted by molar-refractivity contribution is -0.149. The predicted molar refractivity (Wildman–Crippen MR) is 123 cm³/mol. The van der Waals surface area contributed by atoms with E-state index in [4.69, 9.17) is 9.47 Å². The Bertz CT molecular complexity index is 621. The van der Waals surface area contributed by atoms with E-state index in [1.165, 1.54) is 25.7 Å². The van der Waals surface area contributed by atoms with Crippen molar-refractivity contribution in [1.29, 1.82) is 0 Å². The smallest absolute Gasteiger partial charge is 0.333 e. The van der Waals surface area contributed by atoms with Crippen LogP contribution in [0.3, 0.4) is 0 Å². The van der Waals surface area contributed by atoms with Gasteiger partial charge in [0.05, 0.1) is 6.54 Å². The van der Waals surface area contributed by atoms with E-state index in [1.807, 2.05) is 36.1 Å². The number of nitrogens with one attached hydrogen (secondary N) is 1. The zero-order valence-corrected chi connectivity index (χ0v) is 19.4. The number of ether oxygens (including phenoxy) is 2. The van der Waals surface area contributed by atoms with Crippen LogP contribution in [0.15, 0.2) is 24.3 Å². The second-order valence-electron chi connectivity index (χ2n) is 7.57. The average molecular weight is 437 g/mol. The third-order valence-electron chi connectivity index (χ3n) is 5.01. The molecule has 0 radical (unpaired) electrons. The SMILES string of the molecule is CCCCCCCCN(CCOc1ccc(CC(OCC)C(=O)O)cc1)C(=O)NCC. The van der Waals surface area contributed by atoms with E-state index in [1.54, 1.807) is 6.92 Å². The molecular weight excluding hydrogens is 396 g/mol. The van der Waals surface area contributed by atoms with Crippen LogP contribution in [-0.2, 0) is 16.0 Å². The summed E-state index contributed by atoms with van der Waals surface area (Å²) in [6.07, 6.45) is 6.58. The maximum atomic E-state index is 12.3. The van der Waals surface area contributed by atoms with Crippen LogP contribution in [0.4, 0.5) is 4.79 Å². The van der Waals surface area contributed by atoms with Gasteiger partial charge in [-0.15, -0.1) is 0 Å². The van der Waals surface area contributed by atoms with Crippen molar-refractivity contribution in [2.45, 2.75) is 71.8 Å². The first kappa shape index (κ1) is 26.8. The summed E-state index contributed by atoms with van der Waals surface area (Å²) in [5, 5.41) is 12.1. The van der Waals surface area contributed by atoms with Crippen LogP contribution in [0.25, 0.3) is 0 Å². The molecule has 0 spiro atoms. The van der Waals surface area contributed by atoms with Gasteiger partial charge in [0, 0.05) is 26.1 Å². The molecule has 31 heavy (non-hydrogen) atoms. The van der Waals surface area contributed by atoms with Crippen LogP contribution < -0.4 is 10.1 Å². The Morgan fingerprint density at radius 3 is 2.29 bits per heavy atom. The van der Waals surface area contributed by atoms with E-state index >= 15 is 0 Å². The molecule has 1 rings (SSSR count). The fourth-order valence-corrected chi connectivity index (χ4v) is 3.29. The Morgan fingerprint density at radius 2 is 1.68 bits per heavy atom. The summed E-state index contributed by atoms with van der Waals surface area (Å²) in [7, 11) is 0. The summed E-state index contributed by atoms with van der Waals surface area (Å²) < 4.78 is 11.1. The maximum Gasteiger partial charge on any atom is 0.333 e. The molecule has 0 aliphatic heterocycles. The first-order valence-corrected chi connectivity index (χ1v) is 11.6. The molecule has 176 valence electrons. The quantitative estimate of drug-likeness (QED) is 0.351. The van der Waals surface area contributed by atoms with E-state index in [-0.39, 0.29) is 6.03 Å². The number of urea groups is 1. The molecule has 7 heteroatoms. The Hall–Kier alpha value is -2.28. The summed E-state index contributed by atoms with van der Waals surface area (Å²) in [5.41, 5.74) is 0.875. The minimum atomic E-state index is -0.960. The molecule has 7 nitrogen and oxygen atoms in total. The Kier molecular flexibility index (Phi) is 14.2. The number of rotatable bonds is 17. The van der Waals surface area contributed by atoms with Crippen molar-refractivity contribution in [2.75, 3.05) is 32.8 Å². The molecule has 2 amide bonds. The number of hydrogen-bond donors (Lipinski definition) is 2. The normalized spacial score (nSPS) is 11.7. The zero-order chi connectivity index (χ0) is 22.9. The van der Waals surface area contributed by atoms with Crippen molar-refractivity contribution in [3.63, 3.8) is 0 Å². The van der Waals surface area contributed by atoms with Crippen LogP contribution in [0.5, 0.6) is 5.75 Å². The highest BCUT2D eigenvalue weighted by Gasteiger charge is 2.18. The van der Waals surface area contributed by atoms with Crippen molar-refractivity contribution >= 4 is 12.0 Å². The largest absolute Gasteiger partial charge is 0.492 e. The number of carbonyl (C=O) groups is 2. The number of nitrogens with zero attached hydrogens (tertiary/aromatic N) is 1.